The van der Waals surface area contributed by atoms with E-state index < -0.39 is 0 Å². The van der Waals surface area contributed by atoms with Crippen molar-refractivity contribution in [1.82, 2.24) is 9.80 Å². The van der Waals surface area contributed by atoms with Gasteiger partial charge in [-0.1, -0.05) is 29.8 Å². The van der Waals surface area contributed by atoms with Gasteiger partial charge in [-0.05, 0) is 18.9 Å². The average Bonchev–Trinajstić information content (AvgIpc) is 2.65. The molecule has 0 N–H and O–H groups in total. The summed E-state index contributed by atoms with van der Waals surface area (Å²) in [7, 11) is 1.31. The first-order valence-corrected chi connectivity index (χ1v) is 8.67. The zero-order valence-electron chi connectivity index (χ0n) is 15.0. The minimum atomic E-state index is -0.377. The van der Waals surface area contributed by atoms with Crippen LogP contribution < -0.4 is 0 Å². The van der Waals surface area contributed by atoms with Crippen LogP contribution in [0.3, 0.4) is 0 Å². The Morgan fingerprint density at radius 3 is 1.92 bits per heavy atom. The van der Waals surface area contributed by atoms with Gasteiger partial charge in [-0.3, -0.25) is 14.4 Å². The van der Waals surface area contributed by atoms with Crippen molar-refractivity contribution < 1.29 is 19.1 Å². The van der Waals surface area contributed by atoms with Crippen LogP contribution >= 0.6 is 0 Å². The Bertz CT molecular complexity index is 604. The predicted molar refractivity (Wildman–Crippen MR) is 93.9 cm³/mol. The van der Waals surface area contributed by atoms with Crippen LogP contribution in [0.15, 0.2) is 24.3 Å². The highest BCUT2D eigenvalue weighted by atomic mass is 16.5. The predicted octanol–water partition coefficient (Wildman–Crippen LogP) is 1.55. The number of methoxy groups -OCH3 is 1. The Morgan fingerprint density at radius 2 is 1.40 bits per heavy atom. The molecule has 0 aromatic heterocycles. The summed E-state index contributed by atoms with van der Waals surface area (Å²) in [6, 6.07) is 8.22. The molecule has 1 aromatic rings. The van der Waals surface area contributed by atoms with Gasteiger partial charge in [-0.25, -0.2) is 0 Å². The summed E-state index contributed by atoms with van der Waals surface area (Å²) in [4.78, 5) is 39.0. The molecule has 0 unspecified atom stereocenters. The van der Waals surface area contributed by atoms with Crippen molar-refractivity contribution in [3.8, 4) is 0 Å². The second-order valence-electron chi connectivity index (χ2n) is 6.32. The number of carbonyl (C=O) groups is 3. The van der Waals surface area contributed by atoms with Crippen molar-refractivity contribution in [2.24, 2.45) is 0 Å². The van der Waals surface area contributed by atoms with Gasteiger partial charge in [0, 0.05) is 39.0 Å². The highest BCUT2D eigenvalue weighted by Crippen LogP contribution is 2.10. The lowest BCUT2D eigenvalue weighted by atomic mass is 10.1. The number of carbonyl (C=O) groups excluding carboxylic acids is 3. The molecule has 1 aliphatic rings. The van der Waals surface area contributed by atoms with Gasteiger partial charge >= 0.3 is 5.97 Å². The largest absolute Gasteiger partial charge is 0.469 e. The molecule has 6 heteroatoms. The quantitative estimate of drug-likeness (QED) is 0.733. The third-order valence-electron chi connectivity index (χ3n) is 4.50. The Morgan fingerprint density at radius 1 is 0.880 bits per heavy atom. The monoisotopic (exact) mass is 346 g/mol. The lowest BCUT2D eigenvalue weighted by Gasteiger charge is -2.35. The minimum absolute atomic E-state index is 0.0582. The van der Waals surface area contributed by atoms with E-state index >= 15 is 0 Å². The summed E-state index contributed by atoms with van der Waals surface area (Å²) in [6.45, 7) is 4.20. The highest BCUT2D eigenvalue weighted by molar-refractivity contribution is 5.82. The van der Waals surface area contributed by atoms with E-state index in [1.807, 2.05) is 11.8 Å². The summed E-state index contributed by atoms with van der Waals surface area (Å²) in [5.41, 5.74) is 2.37. The van der Waals surface area contributed by atoms with Crippen LogP contribution in [-0.4, -0.2) is 60.9 Å². The van der Waals surface area contributed by atoms with Crippen LogP contribution in [0.4, 0.5) is 0 Å². The second-order valence-corrected chi connectivity index (χ2v) is 6.32. The molecule has 1 saturated heterocycles. The SMILES string of the molecule is COC(=O)CCC(=O)N1CCN(C(=O)CCc2ccc(C)cc2)CC1. The highest BCUT2D eigenvalue weighted by Gasteiger charge is 2.24. The molecule has 136 valence electrons. The number of hydrogen-bond acceptors (Lipinski definition) is 4. The number of piperazine rings is 1. The standard InChI is InChI=1S/C19H26N2O4/c1-15-3-5-16(6-4-15)7-8-17(22)20-11-13-21(14-12-20)18(23)9-10-19(24)25-2/h3-6H,7-14H2,1-2H3. The molecule has 2 amide bonds. The Hall–Kier alpha value is -2.37. The molecule has 1 aliphatic heterocycles. The third kappa shape index (κ3) is 5.89. The number of amides is 2. The van der Waals surface area contributed by atoms with E-state index in [2.05, 4.69) is 29.0 Å². The lowest BCUT2D eigenvalue weighted by Crippen LogP contribution is -2.50. The Kier molecular flexibility index (Phi) is 6.98. The number of benzene rings is 1. The number of hydrogen-bond donors (Lipinski definition) is 0. The van der Waals surface area contributed by atoms with Crippen molar-refractivity contribution in [2.75, 3.05) is 33.3 Å². The van der Waals surface area contributed by atoms with Crippen molar-refractivity contribution in [2.45, 2.75) is 32.6 Å². The molecule has 2 rings (SSSR count). The first-order chi connectivity index (χ1) is 12.0. The molecule has 0 spiro atoms. The maximum absolute atomic E-state index is 12.3. The molecular weight excluding hydrogens is 320 g/mol. The number of rotatable bonds is 6. The molecule has 1 fully saturated rings. The molecule has 0 radical (unpaired) electrons. The van der Waals surface area contributed by atoms with Gasteiger partial charge in [0.25, 0.3) is 0 Å². The molecule has 25 heavy (non-hydrogen) atoms. The van der Waals surface area contributed by atoms with E-state index in [1.165, 1.54) is 12.7 Å². The molecule has 1 heterocycles. The first kappa shape index (κ1) is 19.0. The van der Waals surface area contributed by atoms with Crippen LogP contribution in [0.25, 0.3) is 0 Å². The van der Waals surface area contributed by atoms with E-state index in [9.17, 15) is 14.4 Å². The average molecular weight is 346 g/mol. The van der Waals surface area contributed by atoms with Gasteiger partial charge in [0.05, 0.1) is 13.5 Å². The molecular formula is C19H26N2O4. The smallest absolute Gasteiger partial charge is 0.306 e. The maximum atomic E-state index is 12.3. The summed E-state index contributed by atoms with van der Waals surface area (Å²) < 4.78 is 4.54. The van der Waals surface area contributed by atoms with Crippen molar-refractivity contribution in [3.05, 3.63) is 35.4 Å². The van der Waals surface area contributed by atoms with Gasteiger partial charge in [-0.15, -0.1) is 0 Å². The van der Waals surface area contributed by atoms with Gasteiger partial charge < -0.3 is 14.5 Å². The fraction of sp³-hybridized carbons (Fsp3) is 0.526. The molecule has 0 aliphatic carbocycles. The van der Waals surface area contributed by atoms with Crippen LogP contribution in [0, 0.1) is 6.92 Å². The van der Waals surface area contributed by atoms with Crippen molar-refractivity contribution >= 4 is 17.8 Å². The normalized spacial score (nSPS) is 14.3. The summed E-state index contributed by atoms with van der Waals surface area (Å²) >= 11 is 0. The number of esters is 1. The summed E-state index contributed by atoms with van der Waals surface area (Å²) in [6.07, 6.45) is 1.48. The molecule has 0 saturated carbocycles. The van der Waals surface area contributed by atoms with Crippen LogP contribution in [0.2, 0.25) is 0 Å². The van der Waals surface area contributed by atoms with E-state index in [0.717, 1.165) is 12.0 Å². The second kappa shape index (κ2) is 9.20. The molecule has 1 aromatic carbocycles. The van der Waals surface area contributed by atoms with Crippen molar-refractivity contribution in [1.29, 1.82) is 0 Å². The zero-order valence-corrected chi connectivity index (χ0v) is 15.0. The Labute approximate surface area is 148 Å². The number of aryl methyl sites for hydroxylation is 2. The van der Waals surface area contributed by atoms with Crippen LogP contribution in [0.5, 0.6) is 0 Å². The van der Waals surface area contributed by atoms with Gasteiger partial charge in [0.1, 0.15) is 0 Å². The molecule has 0 atom stereocenters. The fourth-order valence-corrected chi connectivity index (χ4v) is 2.84. The number of ether oxygens (including phenoxy) is 1. The van der Waals surface area contributed by atoms with Crippen LogP contribution in [0.1, 0.15) is 30.4 Å². The van der Waals surface area contributed by atoms with Gasteiger partial charge in [0.2, 0.25) is 11.8 Å². The number of nitrogens with zero attached hydrogens (tertiary/aromatic N) is 2. The van der Waals surface area contributed by atoms with Gasteiger partial charge in [0.15, 0.2) is 0 Å². The van der Waals surface area contributed by atoms with Gasteiger partial charge in [-0.2, -0.15) is 0 Å². The van der Waals surface area contributed by atoms with E-state index in [1.54, 1.807) is 4.90 Å². The summed E-state index contributed by atoms with van der Waals surface area (Å²) in [5, 5.41) is 0. The molecule has 6 nitrogen and oxygen atoms in total. The van der Waals surface area contributed by atoms with E-state index in [-0.39, 0.29) is 30.6 Å². The lowest BCUT2D eigenvalue weighted by molar-refractivity contribution is -0.144. The van der Waals surface area contributed by atoms with E-state index in [0.29, 0.717) is 32.6 Å². The third-order valence-corrected chi connectivity index (χ3v) is 4.50. The minimum Gasteiger partial charge on any atom is -0.469 e. The summed E-state index contributed by atoms with van der Waals surface area (Å²) in [5.74, 6) is -0.308. The molecule has 0 bridgehead atoms. The Balaban J connectivity index is 1.71. The topological polar surface area (TPSA) is 66.9 Å². The fourth-order valence-electron chi connectivity index (χ4n) is 2.84. The van der Waals surface area contributed by atoms with Crippen molar-refractivity contribution in [3.63, 3.8) is 0 Å². The van der Waals surface area contributed by atoms with E-state index in [4.69, 9.17) is 0 Å². The first-order valence-electron chi connectivity index (χ1n) is 8.67. The van der Waals surface area contributed by atoms with Crippen LogP contribution in [-0.2, 0) is 25.5 Å². The maximum Gasteiger partial charge on any atom is 0.306 e. The zero-order chi connectivity index (χ0) is 18.2.